The molecule has 2 heterocycles. The van der Waals surface area contributed by atoms with Crippen molar-refractivity contribution in [2.75, 3.05) is 44.9 Å². The normalized spacial score (nSPS) is 11.6. The number of hydrogen-bond acceptors (Lipinski definition) is 8. The van der Waals surface area contributed by atoms with E-state index in [2.05, 4.69) is 33.2 Å². The van der Waals surface area contributed by atoms with Crippen molar-refractivity contribution in [3.05, 3.63) is 75.8 Å². The van der Waals surface area contributed by atoms with Crippen LogP contribution in [-0.2, 0) is 14.5 Å². The molecule has 0 saturated carbocycles. The average Bonchev–Trinajstić information content (AvgIpc) is 3.40. The predicted molar refractivity (Wildman–Crippen MR) is 164 cm³/mol. The number of fused-ring (bicyclic) bond motifs is 1. The van der Waals surface area contributed by atoms with Gasteiger partial charge < -0.3 is 20.3 Å². The van der Waals surface area contributed by atoms with Crippen molar-refractivity contribution in [3.63, 3.8) is 0 Å². The van der Waals surface area contributed by atoms with Crippen LogP contribution >= 0.6 is 33.9 Å². The van der Waals surface area contributed by atoms with Gasteiger partial charge in [0.1, 0.15) is 22.4 Å². The highest BCUT2D eigenvalue weighted by molar-refractivity contribution is 14.1. The third-order valence-electron chi connectivity index (χ3n) is 5.81. The highest BCUT2D eigenvalue weighted by Crippen LogP contribution is 2.29. The second-order valence-electron chi connectivity index (χ2n) is 8.91. The van der Waals surface area contributed by atoms with Crippen molar-refractivity contribution in [3.8, 4) is 11.4 Å². The van der Waals surface area contributed by atoms with E-state index in [4.69, 9.17) is 4.74 Å². The molecule has 3 N–H and O–H groups in total. The Hall–Kier alpha value is -3.21. The van der Waals surface area contributed by atoms with Gasteiger partial charge in [0.2, 0.25) is 0 Å². The molecule has 40 heavy (non-hydrogen) atoms. The van der Waals surface area contributed by atoms with Crippen molar-refractivity contribution >= 4 is 72.1 Å². The molecular formula is C26H27FIN5O5S2. The number of likely N-dealkylation sites (N-methyl/N-ethyl adjacent to an activating group) is 1. The molecule has 4 aromatic rings. The first-order valence-corrected chi connectivity index (χ1v) is 15.8. The number of halogens is 2. The fraction of sp³-hybridized carbons (Fsp3) is 0.231. The largest absolute Gasteiger partial charge is 0.490 e. The van der Waals surface area contributed by atoms with E-state index in [0.29, 0.717) is 22.0 Å². The summed E-state index contributed by atoms with van der Waals surface area (Å²) in [6, 6.07) is 11.3. The topological polar surface area (TPSA) is 122 Å². The fourth-order valence-electron chi connectivity index (χ4n) is 3.78. The van der Waals surface area contributed by atoms with Crippen molar-refractivity contribution < 1.29 is 22.3 Å². The van der Waals surface area contributed by atoms with E-state index in [0.717, 1.165) is 16.2 Å². The summed E-state index contributed by atoms with van der Waals surface area (Å²) in [5.74, 6) is -0.329. The Balaban J connectivity index is 1.65. The molecule has 2 aromatic carbocycles. The molecule has 0 aliphatic carbocycles. The zero-order valence-electron chi connectivity index (χ0n) is 21.8. The highest BCUT2D eigenvalue weighted by Gasteiger charge is 2.21. The molecule has 0 aliphatic heterocycles. The lowest BCUT2D eigenvalue weighted by Crippen LogP contribution is -2.34. The van der Waals surface area contributed by atoms with Crippen LogP contribution in [0.3, 0.4) is 0 Å². The maximum Gasteiger partial charge on any atom is 0.333 e. The Morgan fingerprint density at radius 3 is 2.58 bits per heavy atom. The molecule has 0 atom stereocenters. The summed E-state index contributed by atoms with van der Waals surface area (Å²) >= 11 is 3.21. The molecule has 10 nitrogen and oxygen atoms in total. The number of sulfonamides is 1. The third kappa shape index (κ3) is 6.74. The van der Waals surface area contributed by atoms with Gasteiger partial charge in [0, 0.05) is 35.2 Å². The first kappa shape index (κ1) is 29.8. The number of carbonyl (C=O) groups is 1. The van der Waals surface area contributed by atoms with Crippen LogP contribution in [0.15, 0.2) is 63.7 Å². The minimum Gasteiger partial charge on any atom is -0.490 e. The second kappa shape index (κ2) is 12.5. The molecule has 0 aliphatic rings. The van der Waals surface area contributed by atoms with Gasteiger partial charge in [0.15, 0.2) is 0 Å². The Kier molecular flexibility index (Phi) is 9.33. The molecule has 0 fully saturated rings. The number of alkyl halides is 1. The minimum atomic E-state index is -4.07. The first-order valence-electron chi connectivity index (χ1n) is 12.0. The molecule has 0 bridgehead atoms. The molecule has 0 unspecified atom stereocenters. The first-order chi connectivity index (χ1) is 19.0. The Morgan fingerprint density at radius 2 is 1.90 bits per heavy atom. The van der Waals surface area contributed by atoms with E-state index in [1.165, 1.54) is 22.8 Å². The number of urea groups is 1. The third-order valence-corrected chi connectivity index (χ3v) is 10.1. The standard InChI is InChI=1S/C26H27FIN5O5S2/c1-29-22-12-16-8-9-33(25(34)19(16)14-20(22)27)17-4-6-21(23(13-17)38-11-10-32(2)3)30-26(35)31-40(36,37)24-7-5-18(15-28)39-24/h4-9,12-14,29H,10-11,15H2,1-3H3,(H2,30,31,35). The van der Waals surface area contributed by atoms with Crippen LogP contribution in [0.25, 0.3) is 16.5 Å². The van der Waals surface area contributed by atoms with Gasteiger partial charge in [0.25, 0.3) is 15.6 Å². The molecule has 2 aromatic heterocycles. The zero-order valence-corrected chi connectivity index (χ0v) is 25.6. The number of rotatable bonds is 10. The van der Waals surface area contributed by atoms with E-state index in [1.807, 2.05) is 23.7 Å². The molecule has 4 rings (SSSR count). The van der Waals surface area contributed by atoms with Crippen LogP contribution < -0.4 is 25.7 Å². The van der Waals surface area contributed by atoms with Crippen LogP contribution in [0, 0.1) is 5.82 Å². The van der Waals surface area contributed by atoms with Crippen LogP contribution in [0.2, 0.25) is 0 Å². The smallest absolute Gasteiger partial charge is 0.333 e. The van der Waals surface area contributed by atoms with E-state index in [9.17, 15) is 22.4 Å². The predicted octanol–water partition coefficient (Wildman–Crippen LogP) is 4.62. The quantitative estimate of drug-likeness (QED) is 0.163. The summed E-state index contributed by atoms with van der Waals surface area (Å²) in [6.07, 6.45) is 1.57. The Labute approximate surface area is 248 Å². The lowest BCUT2D eigenvalue weighted by Gasteiger charge is -2.17. The van der Waals surface area contributed by atoms with Crippen LogP contribution in [0.1, 0.15) is 4.88 Å². The SMILES string of the molecule is CNc1cc2ccn(-c3ccc(NC(=O)NS(=O)(=O)c4ccc(CI)s4)c(OCCN(C)C)c3)c(=O)c2cc1F. The van der Waals surface area contributed by atoms with Gasteiger partial charge >= 0.3 is 6.03 Å². The maximum absolute atomic E-state index is 14.4. The van der Waals surface area contributed by atoms with E-state index in [1.54, 1.807) is 43.6 Å². The lowest BCUT2D eigenvalue weighted by atomic mass is 10.1. The molecule has 14 heteroatoms. The van der Waals surface area contributed by atoms with Gasteiger partial charge in [-0.25, -0.2) is 22.3 Å². The number of nitrogens with zero attached hydrogens (tertiary/aromatic N) is 2. The van der Waals surface area contributed by atoms with Gasteiger partial charge in [-0.1, -0.05) is 22.6 Å². The van der Waals surface area contributed by atoms with E-state index < -0.39 is 27.4 Å². The van der Waals surface area contributed by atoms with E-state index in [-0.39, 0.29) is 33.3 Å². The summed E-state index contributed by atoms with van der Waals surface area (Å²) in [6.45, 7) is 0.814. The number of carbonyl (C=O) groups excluding carboxylic acids is 1. The summed E-state index contributed by atoms with van der Waals surface area (Å²) < 4.78 is 49.7. The number of ether oxygens (including phenoxy) is 1. The Bertz CT molecular complexity index is 1720. The van der Waals surface area contributed by atoms with Crippen LogP contribution in [0.4, 0.5) is 20.6 Å². The monoisotopic (exact) mass is 699 g/mol. The molecule has 0 saturated heterocycles. The number of nitrogens with one attached hydrogen (secondary N) is 3. The lowest BCUT2D eigenvalue weighted by molar-refractivity contribution is 0.254. The molecular weight excluding hydrogens is 672 g/mol. The molecule has 2 amide bonds. The summed E-state index contributed by atoms with van der Waals surface area (Å²) in [7, 11) is 1.27. The molecule has 0 radical (unpaired) electrons. The van der Waals surface area contributed by atoms with Gasteiger partial charge in [0.05, 0.1) is 22.4 Å². The van der Waals surface area contributed by atoms with Crippen molar-refractivity contribution in [1.82, 2.24) is 14.2 Å². The molecule has 0 spiro atoms. The van der Waals surface area contributed by atoms with Gasteiger partial charge in [-0.15, -0.1) is 11.3 Å². The molecule has 212 valence electrons. The fourth-order valence-corrected chi connectivity index (χ4v) is 6.61. The van der Waals surface area contributed by atoms with Crippen LogP contribution in [0.5, 0.6) is 5.75 Å². The number of anilines is 2. The second-order valence-corrected chi connectivity index (χ2v) is 12.7. The Morgan fingerprint density at radius 1 is 1.12 bits per heavy atom. The zero-order chi connectivity index (χ0) is 29.0. The van der Waals surface area contributed by atoms with Gasteiger partial charge in [-0.05, 0) is 61.9 Å². The highest BCUT2D eigenvalue weighted by atomic mass is 127. The number of amides is 2. The minimum absolute atomic E-state index is 0.0288. The summed E-state index contributed by atoms with van der Waals surface area (Å²) in [5, 5.41) is 6.05. The van der Waals surface area contributed by atoms with Gasteiger partial charge in [-0.2, -0.15) is 0 Å². The van der Waals surface area contributed by atoms with Gasteiger partial charge in [-0.3, -0.25) is 9.36 Å². The number of hydrogen-bond donors (Lipinski definition) is 3. The summed E-state index contributed by atoms with van der Waals surface area (Å²) in [5.41, 5.74) is 0.451. The average molecular weight is 700 g/mol. The van der Waals surface area contributed by atoms with Crippen molar-refractivity contribution in [2.24, 2.45) is 0 Å². The number of aromatic nitrogens is 1. The van der Waals surface area contributed by atoms with Crippen LogP contribution in [-0.4, -0.2) is 58.2 Å². The summed E-state index contributed by atoms with van der Waals surface area (Å²) in [4.78, 5) is 28.7. The number of benzene rings is 2. The van der Waals surface area contributed by atoms with Crippen molar-refractivity contribution in [2.45, 2.75) is 8.64 Å². The van der Waals surface area contributed by atoms with E-state index >= 15 is 0 Å². The number of pyridine rings is 1. The van der Waals surface area contributed by atoms with Crippen molar-refractivity contribution in [1.29, 1.82) is 0 Å². The number of thiophene rings is 1. The maximum atomic E-state index is 14.4.